The second kappa shape index (κ2) is 6.91. The lowest BCUT2D eigenvalue weighted by Crippen LogP contribution is -2.06. The van der Waals surface area contributed by atoms with Crippen molar-refractivity contribution in [2.45, 2.75) is 40.2 Å². The van der Waals surface area contributed by atoms with Crippen LogP contribution < -0.4 is 0 Å². The third kappa shape index (κ3) is 3.42. The van der Waals surface area contributed by atoms with Crippen molar-refractivity contribution in [1.82, 2.24) is 14.8 Å². The number of H-pyrrole nitrogens is 1. The van der Waals surface area contributed by atoms with Crippen molar-refractivity contribution in [1.29, 1.82) is 0 Å². The molecule has 1 N–H and O–H groups in total. The Morgan fingerprint density at radius 3 is 2.35 bits per heavy atom. The Balaban J connectivity index is 2.73. The summed E-state index contributed by atoms with van der Waals surface area (Å²) in [5.74, 6) is 0.964. The van der Waals surface area contributed by atoms with Gasteiger partial charge in [-0.2, -0.15) is 5.10 Å². The summed E-state index contributed by atoms with van der Waals surface area (Å²) in [5.41, 5.74) is 1.64. The van der Waals surface area contributed by atoms with Gasteiger partial charge in [-0.15, -0.1) is 9.81 Å². The zero-order valence-electron chi connectivity index (χ0n) is 13.5. The Labute approximate surface area is 139 Å². The van der Waals surface area contributed by atoms with Crippen molar-refractivity contribution in [3.8, 4) is 11.4 Å². The molecule has 8 heteroatoms. The molecular weight excluding hydrogens is 314 g/mol. The second-order valence-electron chi connectivity index (χ2n) is 6.12. The van der Waals surface area contributed by atoms with E-state index < -0.39 is 0 Å². The molecule has 0 radical (unpaired) electrons. The number of nitrogens with zero attached hydrogens (tertiary/aromatic N) is 4. The van der Waals surface area contributed by atoms with Crippen LogP contribution in [0.1, 0.15) is 39.2 Å². The van der Waals surface area contributed by atoms with E-state index in [9.17, 15) is 9.81 Å². The van der Waals surface area contributed by atoms with Crippen molar-refractivity contribution in [2.24, 2.45) is 16.3 Å². The van der Waals surface area contributed by atoms with Gasteiger partial charge in [0.1, 0.15) is 11.4 Å². The summed E-state index contributed by atoms with van der Waals surface area (Å²) in [4.78, 5) is 22.3. The molecule has 1 heterocycles. The molecule has 0 bridgehead atoms. The summed E-state index contributed by atoms with van der Waals surface area (Å²) < 4.78 is 2.32. The zero-order chi connectivity index (χ0) is 17.1. The number of nitrogens with one attached hydrogen (secondary N) is 1. The maximum absolute atomic E-state index is 11.2. The lowest BCUT2D eigenvalue weighted by molar-refractivity contribution is 0.521. The fourth-order valence-electron chi connectivity index (χ4n) is 2.45. The number of hydrogen-bond donors (Lipinski definition) is 1. The largest absolute Gasteiger partial charge is 0.300 e. The summed E-state index contributed by atoms with van der Waals surface area (Å²) in [6, 6.07) is 3.15. The molecule has 0 saturated carbocycles. The topological polar surface area (TPSA) is 92.5 Å². The minimum absolute atomic E-state index is 0.0719. The van der Waals surface area contributed by atoms with Crippen LogP contribution in [0.2, 0.25) is 0 Å². The van der Waals surface area contributed by atoms with Crippen LogP contribution in [0.25, 0.3) is 11.4 Å². The Morgan fingerprint density at radius 2 is 1.83 bits per heavy atom. The lowest BCUT2D eigenvalue weighted by atomic mass is 9.97. The van der Waals surface area contributed by atoms with Crippen molar-refractivity contribution < 1.29 is 0 Å². The fraction of sp³-hybridized carbons (Fsp3) is 0.467. The van der Waals surface area contributed by atoms with Crippen LogP contribution in [0.3, 0.4) is 0 Å². The summed E-state index contributed by atoms with van der Waals surface area (Å²) in [5, 5.41) is 13.0. The average Bonchev–Trinajstić information content (AvgIpc) is 2.86. The van der Waals surface area contributed by atoms with E-state index in [0.717, 1.165) is 5.56 Å². The summed E-state index contributed by atoms with van der Waals surface area (Å²) in [6.07, 6.45) is 0. The van der Waals surface area contributed by atoms with Gasteiger partial charge in [-0.05, 0) is 52.1 Å². The number of nitroso groups, excluding NO2 is 2. The normalized spacial score (nSPS) is 11.2. The van der Waals surface area contributed by atoms with E-state index in [-0.39, 0.29) is 17.3 Å². The minimum atomic E-state index is 0.0719. The molecule has 0 saturated heterocycles. The van der Waals surface area contributed by atoms with Gasteiger partial charge < -0.3 is 0 Å². The highest BCUT2D eigenvalue weighted by molar-refractivity contribution is 7.71. The van der Waals surface area contributed by atoms with Gasteiger partial charge in [-0.3, -0.25) is 9.67 Å². The molecule has 23 heavy (non-hydrogen) atoms. The fourth-order valence-corrected chi connectivity index (χ4v) is 2.65. The van der Waals surface area contributed by atoms with Crippen LogP contribution in [0, 0.1) is 20.5 Å². The molecular formula is C15H19N5O2S. The number of benzene rings is 1. The van der Waals surface area contributed by atoms with Gasteiger partial charge in [0.05, 0.1) is 0 Å². The van der Waals surface area contributed by atoms with E-state index in [1.165, 1.54) is 6.07 Å². The first kappa shape index (κ1) is 17.1. The molecule has 122 valence electrons. The van der Waals surface area contributed by atoms with Crippen LogP contribution in [-0.4, -0.2) is 14.8 Å². The summed E-state index contributed by atoms with van der Waals surface area (Å²) in [7, 11) is 0. The van der Waals surface area contributed by atoms with Crippen molar-refractivity contribution in [2.75, 3.05) is 0 Å². The highest BCUT2D eigenvalue weighted by Gasteiger charge is 2.19. The third-order valence-corrected chi connectivity index (χ3v) is 3.82. The SMILES string of the molecule is CC(C)Cn1c(-c2cc(C(C)C)c(N=O)cc2N=O)n[nH]c1=S. The lowest BCUT2D eigenvalue weighted by Gasteiger charge is -2.13. The molecule has 0 aliphatic rings. The maximum atomic E-state index is 11.2. The number of aromatic amines is 1. The van der Waals surface area contributed by atoms with Gasteiger partial charge in [-0.1, -0.05) is 27.7 Å². The van der Waals surface area contributed by atoms with Crippen LogP contribution in [0.15, 0.2) is 22.5 Å². The average molecular weight is 333 g/mol. The molecule has 0 spiro atoms. The van der Waals surface area contributed by atoms with Gasteiger partial charge in [0.15, 0.2) is 10.6 Å². The van der Waals surface area contributed by atoms with Gasteiger partial charge in [0, 0.05) is 12.1 Å². The third-order valence-electron chi connectivity index (χ3n) is 3.51. The van der Waals surface area contributed by atoms with Gasteiger partial charge in [0.2, 0.25) is 0 Å². The van der Waals surface area contributed by atoms with Crippen LogP contribution in [0.4, 0.5) is 11.4 Å². The van der Waals surface area contributed by atoms with Crippen molar-refractivity contribution >= 4 is 23.6 Å². The Bertz CT molecular complexity index is 792. The smallest absolute Gasteiger partial charge is 0.195 e. The highest BCUT2D eigenvalue weighted by Crippen LogP contribution is 2.38. The van der Waals surface area contributed by atoms with E-state index in [2.05, 4.69) is 34.4 Å². The predicted octanol–water partition coefficient (Wildman–Crippen LogP) is 5.18. The first-order chi connectivity index (χ1) is 10.9. The molecule has 7 nitrogen and oxygen atoms in total. The van der Waals surface area contributed by atoms with Crippen LogP contribution in [0.5, 0.6) is 0 Å². The highest BCUT2D eigenvalue weighted by atomic mass is 32.1. The number of aromatic nitrogens is 3. The first-order valence-corrected chi connectivity index (χ1v) is 7.80. The van der Waals surface area contributed by atoms with Crippen LogP contribution in [-0.2, 0) is 6.54 Å². The van der Waals surface area contributed by atoms with Gasteiger partial charge >= 0.3 is 0 Å². The molecule has 2 aromatic rings. The number of rotatable bonds is 6. The summed E-state index contributed by atoms with van der Waals surface area (Å²) >= 11 is 5.27. The Morgan fingerprint density at radius 1 is 1.17 bits per heavy atom. The molecule has 0 aliphatic carbocycles. The van der Waals surface area contributed by atoms with E-state index in [0.29, 0.717) is 28.6 Å². The molecule has 1 aromatic carbocycles. The zero-order valence-corrected chi connectivity index (χ0v) is 14.3. The van der Waals surface area contributed by atoms with E-state index >= 15 is 0 Å². The molecule has 0 aliphatic heterocycles. The first-order valence-electron chi connectivity index (χ1n) is 7.39. The predicted molar refractivity (Wildman–Crippen MR) is 92.7 cm³/mol. The van der Waals surface area contributed by atoms with Crippen LogP contribution >= 0.6 is 12.2 Å². The van der Waals surface area contributed by atoms with Crippen molar-refractivity contribution in [3.63, 3.8) is 0 Å². The van der Waals surface area contributed by atoms with Crippen molar-refractivity contribution in [3.05, 3.63) is 32.3 Å². The monoisotopic (exact) mass is 333 g/mol. The molecule has 0 unspecified atom stereocenters. The molecule has 0 amide bonds. The molecule has 1 aromatic heterocycles. The van der Waals surface area contributed by atoms with Gasteiger partial charge in [-0.25, -0.2) is 0 Å². The molecule has 0 fully saturated rings. The molecule has 2 rings (SSSR count). The minimum Gasteiger partial charge on any atom is -0.300 e. The van der Waals surface area contributed by atoms with Gasteiger partial charge in [0.25, 0.3) is 0 Å². The Hall–Kier alpha value is -2.22. The van der Waals surface area contributed by atoms with E-state index in [1.807, 2.05) is 18.4 Å². The van der Waals surface area contributed by atoms with E-state index in [4.69, 9.17) is 12.2 Å². The molecule has 0 atom stereocenters. The standard InChI is InChI=1S/C15H19N5O2S/c1-8(2)7-20-14(16-17-15(20)23)11-5-10(9(3)4)12(18-21)6-13(11)19-22/h5-6,8-9H,7H2,1-4H3,(H,17,23). The summed E-state index contributed by atoms with van der Waals surface area (Å²) in [6.45, 7) is 8.69. The Kier molecular flexibility index (Phi) is 5.15. The second-order valence-corrected chi connectivity index (χ2v) is 6.51. The van der Waals surface area contributed by atoms with E-state index in [1.54, 1.807) is 6.07 Å². The maximum Gasteiger partial charge on any atom is 0.195 e. The quantitative estimate of drug-likeness (QED) is 0.582. The number of hydrogen-bond acceptors (Lipinski definition) is 6.